The number of sulfonamides is 1. The number of ether oxygens (including phenoxy) is 3. The number of alkyl halides is 3. The number of nitrogens with one attached hydrogen (secondary N) is 1. The van der Waals surface area contributed by atoms with Crippen molar-refractivity contribution in [2.45, 2.75) is 43.7 Å². The minimum Gasteiger partial charge on any atom is -0.468 e. The van der Waals surface area contributed by atoms with E-state index in [2.05, 4.69) is 25.4 Å². The van der Waals surface area contributed by atoms with E-state index in [1.165, 1.54) is 6.07 Å². The van der Waals surface area contributed by atoms with E-state index >= 15 is 0 Å². The van der Waals surface area contributed by atoms with Gasteiger partial charge in [-0.05, 0) is 39.0 Å². The third kappa shape index (κ3) is 8.03. The van der Waals surface area contributed by atoms with Crippen molar-refractivity contribution in [3.8, 4) is 5.75 Å². The van der Waals surface area contributed by atoms with Crippen LogP contribution in [0, 0.1) is 0 Å². The van der Waals surface area contributed by atoms with Crippen LogP contribution in [-0.2, 0) is 24.3 Å². The van der Waals surface area contributed by atoms with Crippen LogP contribution >= 0.6 is 15.9 Å². The smallest absolute Gasteiger partial charge is 0.468 e. The molecule has 0 aliphatic heterocycles. The van der Waals surface area contributed by atoms with Crippen LogP contribution in [0.25, 0.3) is 0 Å². The second-order valence-electron chi connectivity index (χ2n) is 6.26. The Morgan fingerprint density at radius 2 is 1.85 bits per heavy atom. The zero-order valence-corrected chi connectivity index (χ0v) is 17.3. The lowest BCUT2D eigenvalue weighted by atomic mass is 10.2. The number of rotatable bonds is 7. The molecule has 1 N–H and O–H groups in total. The summed E-state index contributed by atoms with van der Waals surface area (Å²) in [7, 11) is -3.54. The van der Waals surface area contributed by atoms with E-state index in [1.807, 2.05) is 4.72 Å². The van der Waals surface area contributed by atoms with Crippen LogP contribution in [-0.4, -0.2) is 46.1 Å². The number of benzene rings is 1. The van der Waals surface area contributed by atoms with Crippen molar-refractivity contribution >= 4 is 31.9 Å². The van der Waals surface area contributed by atoms with E-state index in [0.29, 0.717) is 0 Å². The Balaban J connectivity index is 3.21. The van der Waals surface area contributed by atoms with Crippen LogP contribution in [0.2, 0.25) is 0 Å². The molecular formula is C15H19BrF3NO6S. The van der Waals surface area contributed by atoms with Crippen molar-refractivity contribution in [1.29, 1.82) is 0 Å². The number of halogens is 4. The fourth-order valence-electron chi connectivity index (χ4n) is 1.78. The summed E-state index contributed by atoms with van der Waals surface area (Å²) < 4.78 is 78.8. The molecule has 0 saturated heterocycles. The van der Waals surface area contributed by atoms with Gasteiger partial charge in [-0.1, -0.05) is 15.9 Å². The highest BCUT2D eigenvalue weighted by molar-refractivity contribution is 9.10. The molecule has 7 nitrogen and oxygen atoms in total. The normalized spacial score (nSPS) is 13.9. The Morgan fingerprint density at radius 3 is 2.33 bits per heavy atom. The van der Waals surface area contributed by atoms with E-state index in [9.17, 15) is 26.4 Å². The minimum absolute atomic E-state index is 0.168. The van der Waals surface area contributed by atoms with Gasteiger partial charge in [-0.2, -0.15) is 4.72 Å². The molecule has 0 aliphatic rings. The second kappa shape index (κ2) is 8.76. The topological polar surface area (TPSA) is 90.9 Å². The van der Waals surface area contributed by atoms with Gasteiger partial charge in [0.05, 0.1) is 19.3 Å². The average Bonchev–Trinajstić information content (AvgIpc) is 2.47. The van der Waals surface area contributed by atoms with Crippen molar-refractivity contribution in [2.75, 3.05) is 13.7 Å². The molecule has 1 aromatic carbocycles. The van der Waals surface area contributed by atoms with Crippen LogP contribution in [0.3, 0.4) is 0 Å². The van der Waals surface area contributed by atoms with Crippen LogP contribution in [0.1, 0.15) is 20.8 Å². The van der Waals surface area contributed by atoms with E-state index in [1.54, 1.807) is 20.8 Å². The molecule has 12 heteroatoms. The van der Waals surface area contributed by atoms with Gasteiger partial charge >= 0.3 is 12.3 Å². The first-order chi connectivity index (χ1) is 12.1. The molecule has 1 atom stereocenters. The molecule has 0 aromatic heterocycles. The van der Waals surface area contributed by atoms with Gasteiger partial charge in [-0.25, -0.2) is 8.42 Å². The van der Waals surface area contributed by atoms with Gasteiger partial charge in [0.2, 0.25) is 10.0 Å². The third-order valence-electron chi connectivity index (χ3n) is 2.89. The highest BCUT2D eigenvalue weighted by Crippen LogP contribution is 2.32. The van der Waals surface area contributed by atoms with Crippen molar-refractivity contribution < 1.29 is 40.6 Å². The van der Waals surface area contributed by atoms with Gasteiger partial charge in [0.1, 0.15) is 10.9 Å². The first-order valence-electron chi connectivity index (χ1n) is 7.44. The van der Waals surface area contributed by atoms with Crippen LogP contribution < -0.4 is 9.46 Å². The summed E-state index contributed by atoms with van der Waals surface area (Å²) in [5.41, 5.74) is -0.695. The zero-order valence-electron chi connectivity index (χ0n) is 14.9. The Morgan fingerprint density at radius 1 is 1.26 bits per heavy atom. The average molecular weight is 478 g/mol. The Bertz CT molecular complexity index is 777. The number of hydrogen-bond donors (Lipinski definition) is 1. The van der Waals surface area contributed by atoms with Gasteiger partial charge in [0.25, 0.3) is 0 Å². The molecular weight excluding hydrogens is 459 g/mol. The van der Waals surface area contributed by atoms with E-state index in [4.69, 9.17) is 4.74 Å². The largest absolute Gasteiger partial charge is 0.573 e. The molecule has 27 heavy (non-hydrogen) atoms. The molecule has 1 rings (SSSR count). The fraction of sp³-hybridized carbons (Fsp3) is 0.533. The second-order valence-corrected chi connectivity index (χ2v) is 8.86. The lowest BCUT2D eigenvalue weighted by Gasteiger charge is -2.24. The SMILES string of the molecule is COC(=O)C(COC(C)(C)C)NS(=O)(=O)c1ccc(Br)cc1OC(F)(F)F. The third-order valence-corrected chi connectivity index (χ3v) is 4.89. The van der Waals surface area contributed by atoms with Crippen molar-refractivity contribution in [3.63, 3.8) is 0 Å². The van der Waals surface area contributed by atoms with E-state index < -0.39 is 44.6 Å². The molecule has 0 fully saturated rings. The number of carbonyl (C=O) groups is 1. The minimum atomic E-state index is -5.11. The van der Waals surface area contributed by atoms with Crippen molar-refractivity contribution in [1.82, 2.24) is 4.72 Å². The lowest BCUT2D eigenvalue weighted by molar-refractivity contribution is -0.275. The first kappa shape index (κ1) is 23.7. The number of carbonyl (C=O) groups excluding carboxylic acids is 1. The molecule has 0 radical (unpaired) electrons. The standard InChI is InChI=1S/C15H19BrF3NO6S/c1-14(2,3)25-8-10(13(21)24-4)20-27(22,23)12-6-5-9(16)7-11(12)26-15(17,18)19/h5-7,10,20H,8H2,1-4H3. The van der Waals surface area contributed by atoms with Crippen molar-refractivity contribution in [3.05, 3.63) is 22.7 Å². The molecule has 0 saturated carbocycles. The maximum atomic E-state index is 12.6. The van der Waals surface area contributed by atoms with Crippen LogP contribution in [0.4, 0.5) is 13.2 Å². The Hall–Kier alpha value is -1.37. The predicted octanol–water partition coefficient (Wildman–Crippen LogP) is 2.98. The highest BCUT2D eigenvalue weighted by Gasteiger charge is 2.36. The van der Waals surface area contributed by atoms with Gasteiger partial charge in [0, 0.05) is 4.47 Å². The summed E-state index contributed by atoms with van der Waals surface area (Å²) in [6.45, 7) is 4.65. The van der Waals surface area contributed by atoms with Crippen LogP contribution in [0.15, 0.2) is 27.6 Å². The van der Waals surface area contributed by atoms with Crippen LogP contribution in [0.5, 0.6) is 5.75 Å². The summed E-state index contributed by atoms with van der Waals surface area (Å²) in [6, 6.07) is 1.51. The lowest BCUT2D eigenvalue weighted by Crippen LogP contribution is -2.46. The molecule has 0 heterocycles. The monoisotopic (exact) mass is 477 g/mol. The first-order valence-corrected chi connectivity index (χ1v) is 9.71. The summed E-state index contributed by atoms with van der Waals surface area (Å²) in [6.07, 6.45) is -5.11. The zero-order chi connectivity index (χ0) is 21.0. The molecule has 1 unspecified atom stereocenters. The van der Waals surface area contributed by atoms with Crippen molar-refractivity contribution in [2.24, 2.45) is 0 Å². The summed E-state index contributed by atoms with van der Waals surface area (Å²) in [5, 5.41) is 0. The van der Waals surface area contributed by atoms with Gasteiger partial charge in [-0.15, -0.1) is 13.2 Å². The Kier molecular flexibility index (Phi) is 7.68. The highest BCUT2D eigenvalue weighted by atomic mass is 79.9. The summed E-state index contributed by atoms with van der Waals surface area (Å²) in [4.78, 5) is 11.1. The van der Waals surface area contributed by atoms with Gasteiger partial charge in [0.15, 0.2) is 5.75 Å². The molecule has 0 bridgehead atoms. The summed E-state index contributed by atoms with van der Waals surface area (Å²) >= 11 is 2.95. The maximum absolute atomic E-state index is 12.6. The van der Waals surface area contributed by atoms with E-state index in [-0.39, 0.29) is 11.1 Å². The Labute approximate surface area is 163 Å². The summed E-state index contributed by atoms with van der Waals surface area (Å²) in [5.74, 6) is -1.91. The van der Waals surface area contributed by atoms with E-state index in [0.717, 1.165) is 19.2 Å². The number of hydrogen-bond acceptors (Lipinski definition) is 6. The predicted molar refractivity (Wildman–Crippen MR) is 92.7 cm³/mol. The molecule has 0 spiro atoms. The van der Waals surface area contributed by atoms with Gasteiger partial charge in [-0.3, -0.25) is 4.79 Å². The number of esters is 1. The van der Waals surface area contributed by atoms with Gasteiger partial charge < -0.3 is 14.2 Å². The molecule has 1 aromatic rings. The molecule has 0 amide bonds. The maximum Gasteiger partial charge on any atom is 0.573 e. The number of methoxy groups -OCH3 is 1. The quantitative estimate of drug-likeness (QED) is 0.607. The fourth-order valence-corrected chi connectivity index (χ4v) is 3.40. The molecule has 154 valence electrons. The molecule has 0 aliphatic carbocycles.